The molecule has 1 unspecified atom stereocenters. The summed E-state index contributed by atoms with van der Waals surface area (Å²) in [5.41, 5.74) is 1.33. The number of hydrogen-bond acceptors (Lipinski definition) is 1. The highest BCUT2D eigenvalue weighted by Gasteiger charge is 2.12. The number of benzene rings is 3. The summed E-state index contributed by atoms with van der Waals surface area (Å²) < 4.78 is 13.2. The van der Waals surface area contributed by atoms with E-state index in [4.69, 9.17) is 11.6 Å². The topological polar surface area (TPSA) is 20.2 Å². The molecule has 3 heteroatoms. The Morgan fingerprint density at radius 1 is 0.850 bits per heavy atom. The molecule has 0 spiro atoms. The van der Waals surface area contributed by atoms with Crippen molar-refractivity contribution in [2.45, 2.75) is 6.10 Å². The zero-order valence-corrected chi connectivity index (χ0v) is 11.3. The molecule has 100 valence electrons. The molecule has 0 aliphatic heterocycles. The number of hydrogen-bond donors (Lipinski definition) is 1. The smallest absolute Gasteiger partial charge is 0.141 e. The SMILES string of the molecule is OC(c1ccc(F)c(Cl)c1)c1ccc2ccccc2c1. The molecule has 0 heterocycles. The number of aliphatic hydroxyl groups excluding tert-OH is 1. The van der Waals surface area contributed by atoms with Gasteiger partial charge in [-0.3, -0.25) is 0 Å². The average Bonchev–Trinajstić information content (AvgIpc) is 2.49. The van der Waals surface area contributed by atoms with E-state index in [1.54, 1.807) is 6.07 Å². The van der Waals surface area contributed by atoms with E-state index in [2.05, 4.69) is 0 Å². The molecule has 1 atom stereocenters. The quantitative estimate of drug-likeness (QED) is 0.723. The van der Waals surface area contributed by atoms with Crippen LogP contribution in [0.3, 0.4) is 0 Å². The van der Waals surface area contributed by atoms with Gasteiger partial charge in [-0.15, -0.1) is 0 Å². The van der Waals surface area contributed by atoms with Crippen LogP contribution < -0.4 is 0 Å². The Morgan fingerprint density at radius 2 is 1.50 bits per heavy atom. The minimum atomic E-state index is -0.822. The van der Waals surface area contributed by atoms with Crippen LogP contribution in [-0.4, -0.2) is 5.11 Å². The van der Waals surface area contributed by atoms with Gasteiger partial charge in [0.2, 0.25) is 0 Å². The van der Waals surface area contributed by atoms with Gasteiger partial charge in [-0.1, -0.05) is 54.1 Å². The summed E-state index contributed by atoms with van der Waals surface area (Å²) in [5, 5.41) is 12.6. The molecule has 0 aliphatic carbocycles. The van der Waals surface area contributed by atoms with Crippen molar-refractivity contribution in [1.29, 1.82) is 0 Å². The lowest BCUT2D eigenvalue weighted by molar-refractivity contribution is 0.220. The third-order valence-corrected chi connectivity index (χ3v) is 3.64. The molecule has 1 nitrogen and oxygen atoms in total. The second-order valence-corrected chi connectivity index (χ2v) is 5.09. The van der Waals surface area contributed by atoms with Crippen LogP contribution in [0, 0.1) is 5.82 Å². The number of rotatable bonds is 2. The predicted octanol–water partition coefficient (Wildman–Crippen LogP) is 4.71. The minimum absolute atomic E-state index is 0.0161. The van der Waals surface area contributed by atoms with Gasteiger partial charge < -0.3 is 5.11 Å². The van der Waals surface area contributed by atoms with Crippen LogP contribution >= 0.6 is 11.6 Å². The molecule has 0 fully saturated rings. The van der Waals surface area contributed by atoms with Crippen LogP contribution in [-0.2, 0) is 0 Å². The van der Waals surface area contributed by atoms with E-state index in [1.165, 1.54) is 12.1 Å². The first kappa shape index (κ1) is 13.1. The fourth-order valence-electron chi connectivity index (χ4n) is 2.25. The van der Waals surface area contributed by atoms with Gasteiger partial charge >= 0.3 is 0 Å². The van der Waals surface area contributed by atoms with E-state index in [0.717, 1.165) is 16.3 Å². The normalized spacial score (nSPS) is 12.6. The summed E-state index contributed by atoms with van der Waals surface area (Å²) in [5.74, 6) is -0.485. The third kappa shape index (κ3) is 2.40. The number of halogens is 2. The first-order chi connectivity index (χ1) is 9.65. The van der Waals surface area contributed by atoms with E-state index in [-0.39, 0.29) is 5.02 Å². The molecule has 0 saturated carbocycles. The molecular formula is C17H12ClFO. The molecule has 20 heavy (non-hydrogen) atoms. The summed E-state index contributed by atoms with van der Waals surface area (Å²) in [4.78, 5) is 0. The fraction of sp³-hybridized carbons (Fsp3) is 0.0588. The van der Waals surface area contributed by atoms with Gasteiger partial charge in [-0.2, -0.15) is 0 Å². The molecule has 0 aromatic heterocycles. The molecule has 0 amide bonds. The molecular weight excluding hydrogens is 275 g/mol. The lowest BCUT2D eigenvalue weighted by atomic mass is 9.98. The van der Waals surface area contributed by atoms with Gasteiger partial charge in [-0.25, -0.2) is 4.39 Å². The van der Waals surface area contributed by atoms with Crippen LogP contribution in [0.15, 0.2) is 60.7 Å². The second kappa shape index (κ2) is 5.23. The summed E-state index contributed by atoms with van der Waals surface area (Å²) in [6.07, 6.45) is -0.822. The zero-order chi connectivity index (χ0) is 14.1. The highest BCUT2D eigenvalue weighted by Crippen LogP contribution is 2.27. The van der Waals surface area contributed by atoms with Crippen molar-refractivity contribution >= 4 is 22.4 Å². The first-order valence-electron chi connectivity index (χ1n) is 6.27. The summed E-state index contributed by atoms with van der Waals surface area (Å²) in [6, 6.07) is 17.9. The lowest BCUT2D eigenvalue weighted by Crippen LogP contribution is -2.00. The van der Waals surface area contributed by atoms with Gasteiger partial charge in [0, 0.05) is 0 Å². The summed E-state index contributed by atoms with van der Waals surface area (Å²) >= 11 is 5.75. The van der Waals surface area contributed by atoms with Crippen LogP contribution in [0.25, 0.3) is 10.8 Å². The van der Waals surface area contributed by atoms with E-state index < -0.39 is 11.9 Å². The predicted molar refractivity (Wildman–Crippen MR) is 79.4 cm³/mol. The Balaban J connectivity index is 2.02. The van der Waals surface area contributed by atoms with Crippen molar-refractivity contribution in [3.8, 4) is 0 Å². The molecule has 1 N–H and O–H groups in total. The Labute approximate surface area is 121 Å². The lowest BCUT2D eigenvalue weighted by Gasteiger charge is -2.13. The van der Waals surface area contributed by atoms with Gasteiger partial charge in [0.25, 0.3) is 0 Å². The van der Waals surface area contributed by atoms with E-state index in [1.807, 2.05) is 42.5 Å². The third-order valence-electron chi connectivity index (χ3n) is 3.35. The fourth-order valence-corrected chi connectivity index (χ4v) is 2.44. The van der Waals surface area contributed by atoms with E-state index >= 15 is 0 Å². The second-order valence-electron chi connectivity index (χ2n) is 4.68. The highest BCUT2D eigenvalue weighted by molar-refractivity contribution is 6.30. The van der Waals surface area contributed by atoms with E-state index in [0.29, 0.717) is 5.56 Å². The molecule has 0 radical (unpaired) electrons. The van der Waals surface area contributed by atoms with Crippen LogP contribution in [0.5, 0.6) is 0 Å². The molecule has 3 aromatic rings. The van der Waals surface area contributed by atoms with Crippen molar-refractivity contribution in [3.05, 3.63) is 82.6 Å². The van der Waals surface area contributed by atoms with Gasteiger partial charge in [-0.05, 0) is 40.1 Å². The molecule has 3 rings (SSSR count). The molecule has 0 bridgehead atoms. The Hall–Kier alpha value is -1.90. The van der Waals surface area contributed by atoms with E-state index in [9.17, 15) is 9.50 Å². The zero-order valence-electron chi connectivity index (χ0n) is 10.6. The maximum absolute atomic E-state index is 13.2. The van der Waals surface area contributed by atoms with Crippen molar-refractivity contribution < 1.29 is 9.50 Å². The summed E-state index contributed by atoms with van der Waals surface area (Å²) in [7, 11) is 0. The monoisotopic (exact) mass is 286 g/mol. The molecule has 0 aliphatic rings. The number of fused-ring (bicyclic) bond motifs is 1. The van der Waals surface area contributed by atoms with Crippen molar-refractivity contribution in [3.63, 3.8) is 0 Å². The van der Waals surface area contributed by atoms with Crippen molar-refractivity contribution in [1.82, 2.24) is 0 Å². The maximum Gasteiger partial charge on any atom is 0.141 e. The van der Waals surface area contributed by atoms with Gasteiger partial charge in [0.15, 0.2) is 0 Å². The van der Waals surface area contributed by atoms with Crippen molar-refractivity contribution in [2.24, 2.45) is 0 Å². The van der Waals surface area contributed by atoms with Crippen molar-refractivity contribution in [2.75, 3.05) is 0 Å². The van der Waals surface area contributed by atoms with Gasteiger partial charge in [0.05, 0.1) is 5.02 Å². The summed E-state index contributed by atoms with van der Waals surface area (Å²) in [6.45, 7) is 0. The van der Waals surface area contributed by atoms with Crippen LogP contribution in [0.1, 0.15) is 17.2 Å². The molecule has 3 aromatic carbocycles. The average molecular weight is 287 g/mol. The Morgan fingerprint density at radius 3 is 2.25 bits per heavy atom. The highest BCUT2D eigenvalue weighted by atomic mass is 35.5. The number of aliphatic hydroxyl groups is 1. The molecule has 0 saturated heterocycles. The van der Waals surface area contributed by atoms with Crippen LogP contribution in [0.4, 0.5) is 4.39 Å². The first-order valence-corrected chi connectivity index (χ1v) is 6.64. The Kier molecular flexibility index (Phi) is 3.43. The largest absolute Gasteiger partial charge is 0.384 e. The van der Waals surface area contributed by atoms with Gasteiger partial charge in [0.1, 0.15) is 11.9 Å². The minimum Gasteiger partial charge on any atom is -0.384 e. The van der Waals surface area contributed by atoms with Crippen LogP contribution in [0.2, 0.25) is 5.02 Å². The standard InChI is InChI=1S/C17H12ClFO/c18-15-10-14(7-8-16(15)19)17(20)13-6-5-11-3-1-2-4-12(11)9-13/h1-10,17,20H. The maximum atomic E-state index is 13.2. The Bertz CT molecular complexity index is 770.